The molecule has 5 atom stereocenters. The van der Waals surface area contributed by atoms with Crippen molar-refractivity contribution >= 4 is 33.6 Å². The Labute approximate surface area is 726 Å². The molecule has 119 heavy (non-hydrogen) atoms. The molecule has 16 nitrogen and oxygen atoms in total. The average molecular weight is 1700 g/mol. The molecule has 682 valence electrons. The highest BCUT2D eigenvalue weighted by Gasteiger charge is 2.29. The van der Waals surface area contributed by atoms with Crippen molar-refractivity contribution in [1.29, 1.82) is 0 Å². The molecule has 0 aromatic carbocycles. The van der Waals surface area contributed by atoms with E-state index in [1.807, 2.05) is 0 Å². The SMILES string of the molecule is CC/C=C\C/C=C\C/C=C\C/C=C\C/C=C\C/C=C\CCCCCCCCC(=O)OCC(COP(=O)(O)OCC(O)COP(=O)(O)OCC(O)COC(=O)CCCCCCCCCCCCCCCCCCC/C=C\C/C=C\C/C=C\C/C=C\CCCCC)OC(=O)CCCCCCCCCCC/C=C\C/C=C\C/C=C\C/C=C\CCCCC. The smallest absolute Gasteiger partial charge is 0.463 e. The van der Waals surface area contributed by atoms with Gasteiger partial charge in [-0.05, 0) is 161 Å². The molecular weight excluding hydrogens is 1530 g/mol. The lowest BCUT2D eigenvalue weighted by Gasteiger charge is -2.21. The standard InChI is InChI=1S/C101H172O16P2/c1-4-7-10-13-16-19-22-25-28-31-34-37-40-43-44-45-46-47-48-49-50-53-55-57-60-63-66-69-72-75-78-81-84-87-99(104)111-90-96(102)91-113-118(107,108)114-92-97(103)93-115-119(109,110)116-95-98(117-101(106)89-86-83-80-77-74-71-68-65-62-59-56-52-42-39-36-33-30-27-24-21-18-15-12-9-6-3)94-112-100(105)88-85-82-79-76-73-70-67-64-61-58-54-51-41-38-35-32-29-26-23-20-17-14-11-8-5-2/h8,11,16-21,25-30,34-39,43-44,51-52,54,56,61,64,96-98,102-103H,4-7,9-10,12-15,22-24,31-33,40-42,45-50,53,55,57-60,62-63,65-95H2,1-3H3,(H,107,108)(H,109,110)/b11-8-,19-16-,20-17-,21-18-,28-25-,29-26-,30-27-,37-34-,38-35-,39-36-,44-43-,54-51-,56-52-,64-61-. The monoisotopic (exact) mass is 1700 g/mol. The van der Waals surface area contributed by atoms with Gasteiger partial charge >= 0.3 is 33.6 Å². The summed E-state index contributed by atoms with van der Waals surface area (Å²) in [4.78, 5) is 59.1. The zero-order chi connectivity index (χ0) is 86.5. The molecule has 0 bridgehead atoms. The third kappa shape index (κ3) is 93.5. The first kappa shape index (κ1) is 114. The molecule has 0 radical (unpaired) electrons. The first-order valence-corrected chi connectivity index (χ1v) is 50.4. The number of hydrogen-bond acceptors (Lipinski definition) is 14. The number of rotatable bonds is 89. The summed E-state index contributed by atoms with van der Waals surface area (Å²) in [6.07, 6.45) is 120. The van der Waals surface area contributed by atoms with Gasteiger partial charge in [0.2, 0.25) is 0 Å². The Balaban J connectivity index is 4.61. The number of phosphoric ester groups is 2. The van der Waals surface area contributed by atoms with Crippen molar-refractivity contribution in [2.45, 2.75) is 411 Å². The molecule has 0 heterocycles. The molecule has 0 saturated heterocycles. The van der Waals surface area contributed by atoms with Crippen LogP contribution in [0.5, 0.6) is 0 Å². The number of ether oxygens (including phenoxy) is 3. The predicted molar refractivity (Wildman–Crippen MR) is 500 cm³/mol. The van der Waals surface area contributed by atoms with Gasteiger partial charge in [0.15, 0.2) is 6.10 Å². The van der Waals surface area contributed by atoms with E-state index in [0.717, 1.165) is 167 Å². The number of carbonyl (C=O) groups excluding carboxylic acids is 3. The van der Waals surface area contributed by atoms with E-state index in [4.69, 9.17) is 32.3 Å². The van der Waals surface area contributed by atoms with Gasteiger partial charge in [0.05, 0.1) is 26.4 Å². The van der Waals surface area contributed by atoms with E-state index in [-0.39, 0.29) is 19.3 Å². The topological polar surface area (TPSA) is 231 Å². The minimum absolute atomic E-state index is 0.0886. The van der Waals surface area contributed by atoms with Gasteiger partial charge in [-0.15, -0.1) is 0 Å². The number of aliphatic hydroxyl groups is 2. The Kier molecular flexibility index (Phi) is 88.2. The molecule has 0 rings (SSSR count). The van der Waals surface area contributed by atoms with E-state index in [1.165, 1.54) is 167 Å². The van der Waals surface area contributed by atoms with Crippen LogP contribution in [0.4, 0.5) is 0 Å². The number of esters is 3. The molecule has 4 N–H and O–H groups in total. The fourth-order valence-electron chi connectivity index (χ4n) is 12.7. The lowest BCUT2D eigenvalue weighted by atomic mass is 10.0. The average Bonchev–Trinajstić information content (AvgIpc) is 0.899. The van der Waals surface area contributed by atoms with E-state index in [1.54, 1.807) is 0 Å². The molecule has 0 saturated carbocycles. The second-order valence-electron chi connectivity index (χ2n) is 31.4. The second kappa shape index (κ2) is 92.1. The van der Waals surface area contributed by atoms with Crippen molar-refractivity contribution < 1.29 is 75.8 Å². The van der Waals surface area contributed by atoms with Crippen LogP contribution in [0.1, 0.15) is 393 Å². The summed E-state index contributed by atoms with van der Waals surface area (Å²) in [7, 11) is -9.82. The highest BCUT2D eigenvalue weighted by molar-refractivity contribution is 7.47. The lowest BCUT2D eigenvalue weighted by Crippen LogP contribution is -2.30. The molecular formula is C101H172O16P2. The Bertz CT molecular complexity index is 2840. The minimum Gasteiger partial charge on any atom is -0.463 e. The highest BCUT2D eigenvalue weighted by atomic mass is 31.2. The maximum absolute atomic E-state index is 13.1. The van der Waals surface area contributed by atoms with Crippen LogP contribution in [0, 0.1) is 0 Å². The summed E-state index contributed by atoms with van der Waals surface area (Å²) in [5.74, 6) is -1.59. The third-order valence-electron chi connectivity index (χ3n) is 19.9. The van der Waals surface area contributed by atoms with Crippen LogP contribution in [0.25, 0.3) is 0 Å². The molecule has 0 aliphatic heterocycles. The van der Waals surface area contributed by atoms with Crippen molar-refractivity contribution in [1.82, 2.24) is 0 Å². The molecule has 5 unspecified atom stereocenters. The maximum Gasteiger partial charge on any atom is 0.472 e. The Morgan fingerprint density at radius 2 is 0.445 bits per heavy atom. The van der Waals surface area contributed by atoms with Crippen molar-refractivity contribution in [3.8, 4) is 0 Å². The van der Waals surface area contributed by atoms with Crippen LogP contribution in [-0.2, 0) is 55.8 Å². The van der Waals surface area contributed by atoms with Gasteiger partial charge in [0, 0.05) is 19.3 Å². The molecule has 0 aromatic heterocycles. The number of phosphoric acid groups is 2. The summed E-state index contributed by atoms with van der Waals surface area (Å²) in [6, 6.07) is 0. The normalized spacial score (nSPS) is 14.5. The van der Waals surface area contributed by atoms with Gasteiger partial charge in [0.25, 0.3) is 0 Å². The maximum atomic E-state index is 13.1. The summed E-state index contributed by atoms with van der Waals surface area (Å²) in [5, 5.41) is 20.8. The Hall–Kier alpha value is -5.09. The Morgan fingerprint density at radius 3 is 0.706 bits per heavy atom. The largest absolute Gasteiger partial charge is 0.472 e. The molecule has 0 aliphatic rings. The zero-order valence-corrected chi connectivity index (χ0v) is 77.0. The summed E-state index contributed by atoms with van der Waals surface area (Å²) in [5.41, 5.74) is 0. The van der Waals surface area contributed by atoms with Crippen LogP contribution < -0.4 is 0 Å². The second-order valence-corrected chi connectivity index (χ2v) is 34.3. The van der Waals surface area contributed by atoms with Gasteiger partial charge < -0.3 is 34.2 Å². The first-order chi connectivity index (χ1) is 58.2. The van der Waals surface area contributed by atoms with Crippen molar-refractivity contribution in [2.24, 2.45) is 0 Å². The lowest BCUT2D eigenvalue weighted by molar-refractivity contribution is -0.161. The van der Waals surface area contributed by atoms with E-state index in [2.05, 4.69) is 191 Å². The van der Waals surface area contributed by atoms with Crippen LogP contribution in [-0.4, -0.2) is 95.9 Å². The first-order valence-electron chi connectivity index (χ1n) is 47.4. The molecule has 0 aliphatic carbocycles. The third-order valence-corrected chi connectivity index (χ3v) is 21.8. The highest BCUT2D eigenvalue weighted by Crippen LogP contribution is 2.45. The van der Waals surface area contributed by atoms with Gasteiger partial charge in [-0.25, -0.2) is 9.13 Å². The quantitative estimate of drug-likeness (QED) is 0.0146. The summed E-state index contributed by atoms with van der Waals surface area (Å²) in [6.45, 7) is 2.53. The molecule has 18 heteroatoms. The predicted octanol–water partition coefficient (Wildman–Crippen LogP) is 29.4. The van der Waals surface area contributed by atoms with Crippen LogP contribution in [0.3, 0.4) is 0 Å². The van der Waals surface area contributed by atoms with E-state index in [0.29, 0.717) is 19.3 Å². The van der Waals surface area contributed by atoms with Crippen LogP contribution in [0.2, 0.25) is 0 Å². The molecule has 0 spiro atoms. The number of aliphatic hydroxyl groups excluding tert-OH is 2. The number of unbranched alkanes of at least 4 members (excludes halogenated alkanes) is 38. The zero-order valence-electron chi connectivity index (χ0n) is 75.2. The number of allylic oxidation sites excluding steroid dienone is 28. The van der Waals surface area contributed by atoms with E-state index in [9.17, 15) is 43.5 Å². The van der Waals surface area contributed by atoms with Gasteiger partial charge in [0.1, 0.15) is 25.4 Å². The fraction of sp³-hybridized carbons (Fsp3) is 0.693. The summed E-state index contributed by atoms with van der Waals surface area (Å²) >= 11 is 0. The van der Waals surface area contributed by atoms with Crippen LogP contribution >= 0.6 is 15.6 Å². The van der Waals surface area contributed by atoms with Crippen molar-refractivity contribution in [2.75, 3.05) is 39.6 Å². The van der Waals surface area contributed by atoms with Gasteiger partial charge in [-0.3, -0.25) is 32.5 Å². The Morgan fingerprint density at radius 1 is 0.244 bits per heavy atom. The van der Waals surface area contributed by atoms with Crippen LogP contribution in [0.15, 0.2) is 170 Å². The molecule has 0 fully saturated rings. The van der Waals surface area contributed by atoms with Crippen molar-refractivity contribution in [3.05, 3.63) is 170 Å². The van der Waals surface area contributed by atoms with E-state index >= 15 is 0 Å². The molecule has 0 amide bonds. The van der Waals surface area contributed by atoms with Crippen molar-refractivity contribution in [3.63, 3.8) is 0 Å². The minimum atomic E-state index is -4.95. The number of hydrogen-bond donors (Lipinski definition) is 4. The van der Waals surface area contributed by atoms with Gasteiger partial charge in [-0.2, -0.15) is 0 Å². The van der Waals surface area contributed by atoms with Gasteiger partial charge in [-0.1, -0.05) is 384 Å². The summed E-state index contributed by atoms with van der Waals surface area (Å²) < 4.78 is 61.5. The number of carbonyl (C=O) groups is 3. The van der Waals surface area contributed by atoms with E-state index < -0.39 is 91.5 Å². The fourth-order valence-corrected chi connectivity index (χ4v) is 14.3. The molecule has 0 aromatic rings.